The van der Waals surface area contributed by atoms with E-state index in [-0.39, 0.29) is 12.5 Å². The molecule has 1 amide bonds. The molecule has 0 spiro atoms. The predicted molar refractivity (Wildman–Crippen MR) is 103 cm³/mol. The summed E-state index contributed by atoms with van der Waals surface area (Å²) in [5, 5.41) is 4.23. The van der Waals surface area contributed by atoms with Gasteiger partial charge in [-0.25, -0.2) is 4.98 Å². The van der Waals surface area contributed by atoms with Gasteiger partial charge in [-0.3, -0.25) is 4.79 Å². The van der Waals surface area contributed by atoms with Gasteiger partial charge in [0.1, 0.15) is 12.3 Å². The first-order valence-electron chi connectivity index (χ1n) is 7.83. The third-order valence-electron chi connectivity index (χ3n) is 3.63. The quantitative estimate of drug-likeness (QED) is 0.647. The van der Waals surface area contributed by atoms with E-state index in [1.165, 1.54) is 0 Å². The van der Waals surface area contributed by atoms with E-state index in [0.717, 1.165) is 21.9 Å². The Morgan fingerprint density at radius 1 is 1.32 bits per heavy atom. The van der Waals surface area contributed by atoms with Crippen LogP contribution in [0.2, 0.25) is 5.02 Å². The minimum absolute atomic E-state index is 0.165. The lowest BCUT2D eigenvalue weighted by Crippen LogP contribution is -2.19. The Morgan fingerprint density at radius 2 is 2.12 bits per heavy atom. The third-order valence-corrected chi connectivity index (χ3v) is 4.72. The van der Waals surface area contributed by atoms with Crippen LogP contribution in [0.3, 0.4) is 0 Å². The first kappa shape index (κ1) is 17.6. The van der Waals surface area contributed by atoms with Crippen LogP contribution in [-0.4, -0.2) is 28.3 Å². The van der Waals surface area contributed by atoms with E-state index in [0.29, 0.717) is 16.5 Å². The average molecular weight is 376 g/mol. The molecule has 0 atom stereocenters. The molecule has 1 N–H and O–H groups in total. The second-order valence-corrected chi connectivity index (χ2v) is 6.96. The number of benzene rings is 2. The molecule has 1 heterocycles. The van der Waals surface area contributed by atoms with Crippen molar-refractivity contribution in [2.45, 2.75) is 18.6 Å². The van der Waals surface area contributed by atoms with Gasteiger partial charge in [-0.1, -0.05) is 42.4 Å². The normalized spacial score (nSPS) is 10.8. The summed E-state index contributed by atoms with van der Waals surface area (Å²) in [4.78, 5) is 17.2. The molecule has 25 heavy (non-hydrogen) atoms. The number of imidazole rings is 1. The molecule has 0 bridgehead atoms. The maximum Gasteiger partial charge on any atom is 0.244 e. The highest BCUT2D eigenvalue weighted by atomic mass is 35.5. The number of nitrogens with one attached hydrogen (secondary N) is 1. The molecule has 1 aromatic heterocycles. The van der Waals surface area contributed by atoms with Gasteiger partial charge in [-0.15, -0.1) is 0 Å². The number of thioether (sulfide) groups is 1. The Kier molecular flexibility index (Phi) is 5.50. The molecule has 0 saturated carbocycles. The van der Waals surface area contributed by atoms with E-state index in [1.54, 1.807) is 37.1 Å². The number of hydrogen-bond acceptors (Lipinski definition) is 4. The fourth-order valence-electron chi connectivity index (χ4n) is 2.56. The monoisotopic (exact) mass is 375 g/mol. The smallest absolute Gasteiger partial charge is 0.244 e. The van der Waals surface area contributed by atoms with Crippen LogP contribution in [-0.2, 0) is 11.3 Å². The summed E-state index contributed by atoms with van der Waals surface area (Å²) < 4.78 is 7.20. The molecule has 0 aliphatic carbocycles. The van der Waals surface area contributed by atoms with Crippen molar-refractivity contribution in [3.8, 4) is 5.75 Å². The Labute approximate surface area is 155 Å². The van der Waals surface area contributed by atoms with Gasteiger partial charge in [-0.2, -0.15) is 0 Å². The highest BCUT2D eigenvalue weighted by molar-refractivity contribution is 7.99. The van der Waals surface area contributed by atoms with E-state index in [9.17, 15) is 4.79 Å². The number of ether oxygens (including phenoxy) is 1. The second-order valence-electron chi connectivity index (χ2n) is 5.30. The zero-order valence-electron chi connectivity index (χ0n) is 14.0. The van der Waals surface area contributed by atoms with E-state index < -0.39 is 0 Å². The van der Waals surface area contributed by atoms with E-state index >= 15 is 0 Å². The fourth-order valence-corrected chi connectivity index (χ4v) is 3.47. The molecule has 0 aliphatic rings. The molecular weight excluding hydrogens is 358 g/mol. The number of fused-ring (bicyclic) bond motifs is 1. The summed E-state index contributed by atoms with van der Waals surface area (Å²) in [5.41, 5.74) is 2.37. The van der Waals surface area contributed by atoms with Crippen molar-refractivity contribution in [1.82, 2.24) is 9.55 Å². The number of hydrogen-bond donors (Lipinski definition) is 1. The van der Waals surface area contributed by atoms with Crippen LogP contribution in [0.4, 0.5) is 5.69 Å². The van der Waals surface area contributed by atoms with Gasteiger partial charge in [0.05, 0.1) is 23.8 Å². The molecule has 5 nitrogen and oxygen atoms in total. The zero-order valence-corrected chi connectivity index (χ0v) is 15.5. The number of methoxy groups -OCH3 is 1. The van der Waals surface area contributed by atoms with Crippen molar-refractivity contribution in [2.75, 3.05) is 18.2 Å². The summed E-state index contributed by atoms with van der Waals surface area (Å²) in [5.74, 6) is 1.28. The lowest BCUT2D eigenvalue weighted by molar-refractivity contribution is -0.116. The number of carbonyl (C=O) groups is 1. The van der Waals surface area contributed by atoms with Crippen LogP contribution in [0.15, 0.2) is 47.6 Å². The number of nitrogens with zero attached hydrogens (tertiary/aromatic N) is 2. The number of amides is 1. The number of para-hydroxylation sites is 2. The second kappa shape index (κ2) is 7.80. The molecule has 0 unspecified atom stereocenters. The van der Waals surface area contributed by atoms with Crippen molar-refractivity contribution >= 4 is 46.0 Å². The Morgan fingerprint density at radius 3 is 2.88 bits per heavy atom. The van der Waals surface area contributed by atoms with Crippen molar-refractivity contribution in [1.29, 1.82) is 0 Å². The Balaban J connectivity index is 1.87. The molecule has 0 radical (unpaired) electrons. The summed E-state index contributed by atoms with van der Waals surface area (Å²) in [6.45, 7) is 2.23. The van der Waals surface area contributed by atoms with Crippen molar-refractivity contribution in [3.05, 3.63) is 47.5 Å². The third kappa shape index (κ3) is 3.91. The predicted octanol–water partition coefficient (Wildman–Crippen LogP) is 4.45. The molecule has 3 aromatic rings. The average Bonchev–Trinajstić information content (AvgIpc) is 2.93. The van der Waals surface area contributed by atoms with Gasteiger partial charge in [0.25, 0.3) is 0 Å². The Hall–Kier alpha value is -2.18. The summed E-state index contributed by atoms with van der Waals surface area (Å²) in [6, 6.07) is 12.9. The van der Waals surface area contributed by atoms with Crippen LogP contribution >= 0.6 is 23.4 Å². The summed E-state index contributed by atoms with van der Waals surface area (Å²) in [7, 11) is 1.55. The first-order valence-corrected chi connectivity index (χ1v) is 9.20. The molecule has 130 valence electrons. The lowest BCUT2D eigenvalue weighted by atomic mass is 10.3. The molecule has 0 aliphatic heterocycles. The molecule has 0 fully saturated rings. The van der Waals surface area contributed by atoms with E-state index in [4.69, 9.17) is 16.3 Å². The van der Waals surface area contributed by atoms with Gasteiger partial charge in [0.2, 0.25) is 5.91 Å². The molecule has 3 rings (SSSR count). The summed E-state index contributed by atoms with van der Waals surface area (Å²) in [6.07, 6.45) is 0. The van der Waals surface area contributed by atoms with Gasteiger partial charge >= 0.3 is 0 Å². The number of anilines is 1. The van der Waals surface area contributed by atoms with Gasteiger partial charge in [0, 0.05) is 5.02 Å². The summed E-state index contributed by atoms with van der Waals surface area (Å²) >= 11 is 7.63. The van der Waals surface area contributed by atoms with Gasteiger partial charge in [0.15, 0.2) is 5.16 Å². The minimum atomic E-state index is -0.165. The SMILES string of the molecule is CCSc1nc2ccccc2n1CC(=O)Nc1cc(Cl)ccc1OC. The fraction of sp³-hybridized carbons (Fsp3) is 0.222. The van der Waals surface area contributed by atoms with Crippen molar-refractivity contribution in [2.24, 2.45) is 0 Å². The standard InChI is InChI=1S/C18H18ClN3O2S/c1-3-25-18-21-13-6-4-5-7-15(13)22(18)11-17(23)20-14-10-12(19)8-9-16(14)24-2/h4-10H,3,11H2,1-2H3,(H,20,23). The Bertz CT molecular complexity index is 910. The molecular formula is C18H18ClN3O2S. The lowest BCUT2D eigenvalue weighted by Gasteiger charge is -2.12. The van der Waals surface area contributed by atoms with Crippen LogP contribution in [0, 0.1) is 0 Å². The molecule has 7 heteroatoms. The minimum Gasteiger partial charge on any atom is -0.495 e. The van der Waals surface area contributed by atoms with Crippen molar-refractivity contribution in [3.63, 3.8) is 0 Å². The maximum absolute atomic E-state index is 12.6. The topological polar surface area (TPSA) is 56.2 Å². The van der Waals surface area contributed by atoms with Gasteiger partial charge < -0.3 is 14.6 Å². The molecule has 0 saturated heterocycles. The van der Waals surface area contributed by atoms with Crippen LogP contribution in [0.5, 0.6) is 5.75 Å². The number of aromatic nitrogens is 2. The highest BCUT2D eigenvalue weighted by Crippen LogP contribution is 2.28. The maximum atomic E-state index is 12.6. The van der Waals surface area contributed by atoms with E-state index in [2.05, 4.69) is 17.2 Å². The van der Waals surface area contributed by atoms with E-state index in [1.807, 2.05) is 28.8 Å². The van der Waals surface area contributed by atoms with Crippen LogP contribution in [0.25, 0.3) is 11.0 Å². The molecule has 2 aromatic carbocycles. The number of carbonyl (C=O) groups excluding carboxylic acids is 1. The first-order chi connectivity index (χ1) is 12.1. The zero-order chi connectivity index (χ0) is 17.8. The van der Waals surface area contributed by atoms with Gasteiger partial charge in [-0.05, 0) is 36.1 Å². The largest absolute Gasteiger partial charge is 0.495 e. The van der Waals surface area contributed by atoms with Crippen LogP contribution < -0.4 is 10.1 Å². The van der Waals surface area contributed by atoms with Crippen molar-refractivity contribution < 1.29 is 9.53 Å². The van der Waals surface area contributed by atoms with Crippen LogP contribution in [0.1, 0.15) is 6.92 Å². The highest BCUT2D eigenvalue weighted by Gasteiger charge is 2.15. The number of rotatable bonds is 6. The number of halogens is 1.